The summed E-state index contributed by atoms with van der Waals surface area (Å²) in [7, 11) is 0. The number of carbonyl (C=O) groups excluding carboxylic acids is 2. The van der Waals surface area contributed by atoms with E-state index in [1.807, 2.05) is 6.92 Å². The summed E-state index contributed by atoms with van der Waals surface area (Å²) in [6, 6.07) is 5.05. The molecule has 3 rings (SSSR count). The first-order chi connectivity index (χ1) is 10.6. The van der Waals surface area contributed by atoms with E-state index >= 15 is 0 Å². The molecule has 2 heterocycles. The summed E-state index contributed by atoms with van der Waals surface area (Å²) in [5, 5.41) is 12.2. The Labute approximate surface area is 128 Å². The molecule has 116 valence electrons. The lowest BCUT2D eigenvalue weighted by atomic mass is 10.1. The molecule has 2 aliphatic heterocycles. The van der Waals surface area contributed by atoms with Crippen molar-refractivity contribution in [2.45, 2.75) is 32.3 Å². The molecule has 0 fully saturated rings. The van der Waals surface area contributed by atoms with Crippen molar-refractivity contribution < 1.29 is 14.4 Å². The molecule has 3 N–H and O–H groups in total. The number of hydrogen-bond donors (Lipinski definition) is 3. The van der Waals surface area contributed by atoms with Gasteiger partial charge in [0.2, 0.25) is 5.91 Å². The highest BCUT2D eigenvalue weighted by molar-refractivity contribution is 6.00. The van der Waals surface area contributed by atoms with Crippen LogP contribution in [0.15, 0.2) is 23.4 Å². The standard InChI is InChI=1S/C15H18N4O3/c1-2-10-7-12(22-19-10)8-16-15(21)17-11-3-4-13-9(5-11)6-14(20)18-13/h3-5,12H,2,6-8H2,1H3,(H,18,20)(H2,16,17,21)/t12-/m1/s1. The van der Waals surface area contributed by atoms with Gasteiger partial charge in [-0.2, -0.15) is 0 Å². The molecule has 1 aromatic carbocycles. The fraction of sp³-hybridized carbons (Fsp3) is 0.400. The lowest BCUT2D eigenvalue weighted by molar-refractivity contribution is -0.115. The Morgan fingerprint density at radius 1 is 1.50 bits per heavy atom. The second kappa shape index (κ2) is 6.05. The molecule has 0 aromatic heterocycles. The van der Waals surface area contributed by atoms with Crippen molar-refractivity contribution in [3.63, 3.8) is 0 Å². The third-order valence-electron chi connectivity index (χ3n) is 3.68. The number of anilines is 2. The van der Waals surface area contributed by atoms with Crippen LogP contribution < -0.4 is 16.0 Å². The van der Waals surface area contributed by atoms with Gasteiger partial charge < -0.3 is 20.8 Å². The van der Waals surface area contributed by atoms with Crippen LogP contribution in [-0.4, -0.2) is 30.3 Å². The molecule has 22 heavy (non-hydrogen) atoms. The van der Waals surface area contributed by atoms with E-state index in [0.29, 0.717) is 18.7 Å². The van der Waals surface area contributed by atoms with E-state index in [0.717, 1.165) is 29.8 Å². The van der Waals surface area contributed by atoms with Crippen LogP contribution in [0.1, 0.15) is 25.3 Å². The molecule has 0 saturated carbocycles. The third kappa shape index (κ3) is 3.19. The number of nitrogens with one attached hydrogen (secondary N) is 3. The van der Waals surface area contributed by atoms with E-state index in [9.17, 15) is 9.59 Å². The number of nitrogens with zero attached hydrogens (tertiary/aromatic N) is 1. The maximum atomic E-state index is 11.9. The van der Waals surface area contributed by atoms with Crippen molar-refractivity contribution in [1.29, 1.82) is 0 Å². The number of urea groups is 1. The number of benzene rings is 1. The van der Waals surface area contributed by atoms with E-state index in [4.69, 9.17) is 4.84 Å². The molecule has 0 unspecified atom stereocenters. The normalized spacial score (nSPS) is 19.0. The van der Waals surface area contributed by atoms with Crippen LogP contribution in [-0.2, 0) is 16.1 Å². The number of carbonyl (C=O) groups is 2. The van der Waals surface area contributed by atoms with E-state index in [-0.39, 0.29) is 18.0 Å². The van der Waals surface area contributed by atoms with Gasteiger partial charge in [-0.05, 0) is 30.2 Å². The van der Waals surface area contributed by atoms with Gasteiger partial charge in [-0.1, -0.05) is 12.1 Å². The Hall–Kier alpha value is -2.57. The Bertz CT molecular complexity index is 642. The third-order valence-corrected chi connectivity index (χ3v) is 3.68. The largest absolute Gasteiger partial charge is 0.390 e. The van der Waals surface area contributed by atoms with Gasteiger partial charge in [0, 0.05) is 17.8 Å². The van der Waals surface area contributed by atoms with Crippen molar-refractivity contribution >= 4 is 29.0 Å². The number of oxime groups is 1. The highest BCUT2D eigenvalue weighted by atomic mass is 16.6. The number of amides is 3. The topological polar surface area (TPSA) is 91.8 Å². The van der Waals surface area contributed by atoms with Crippen LogP contribution in [0, 0.1) is 0 Å². The summed E-state index contributed by atoms with van der Waals surface area (Å²) >= 11 is 0. The smallest absolute Gasteiger partial charge is 0.319 e. The minimum Gasteiger partial charge on any atom is -0.390 e. The quantitative estimate of drug-likeness (QED) is 0.792. The number of hydrogen-bond acceptors (Lipinski definition) is 4. The predicted molar refractivity (Wildman–Crippen MR) is 83.0 cm³/mol. The van der Waals surface area contributed by atoms with Crippen LogP contribution in [0.2, 0.25) is 0 Å². The lowest BCUT2D eigenvalue weighted by Crippen LogP contribution is -2.35. The fourth-order valence-corrected chi connectivity index (χ4v) is 2.49. The lowest BCUT2D eigenvalue weighted by Gasteiger charge is -2.11. The van der Waals surface area contributed by atoms with Crippen LogP contribution in [0.25, 0.3) is 0 Å². The molecule has 0 aliphatic carbocycles. The molecule has 3 amide bonds. The second-order valence-corrected chi connectivity index (χ2v) is 5.37. The summed E-state index contributed by atoms with van der Waals surface area (Å²) in [4.78, 5) is 28.4. The average Bonchev–Trinajstić information content (AvgIpc) is 3.09. The van der Waals surface area contributed by atoms with Crippen molar-refractivity contribution in [1.82, 2.24) is 5.32 Å². The molecule has 0 spiro atoms. The Balaban J connectivity index is 1.48. The van der Waals surface area contributed by atoms with Gasteiger partial charge in [0.05, 0.1) is 18.7 Å². The fourth-order valence-electron chi connectivity index (χ4n) is 2.49. The van der Waals surface area contributed by atoms with E-state index in [1.54, 1.807) is 18.2 Å². The molecule has 1 atom stereocenters. The van der Waals surface area contributed by atoms with Gasteiger partial charge in [-0.25, -0.2) is 4.79 Å². The average molecular weight is 302 g/mol. The highest BCUT2D eigenvalue weighted by Crippen LogP contribution is 2.25. The Kier molecular flexibility index (Phi) is 3.95. The molecular weight excluding hydrogens is 284 g/mol. The van der Waals surface area contributed by atoms with E-state index in [1.165, 1.54) is 0 Å². The molecule has 7 nitrogen and oxygen atoms in total. The van der Waals surface area contributed by atoms with Gasteiger partial charge in [0.25, 0.3) is 0 Å². The molecule has 2 aliphatic rings. The maximum Gasteiger partial charge on any atom is 0.319 e. The summed E-state index contributed by atoms with van der Waals surface area (Å²) in [5.41, 5.74) is 3.37. The van der Waals surface area contributed by atoms with Gasteiger partial charge in [0.1, 0.15) is 6.10 Å². The monoisotopic (exact) mass is 302 g/mol. The van der Waals surface area contributed by atoms with Gasteiger partial charge >= 0.3 is 6.03 Å². The first-order valence-electron chi connectivity index (χ1n) is 7.33. The summed E-state index contributed by atoms with van der Waals surface area (Å²) in [5.74, 6) is -0.0262. The zero-order valence-electron chi connectivity index (χ0n) is 12.3. The molecule has 1 aromatic rings. The van der Waals surface area contributed by atoms with Crippen molar-refractivity contribution in [3.8, 4) is 0 Å². The zero-order valence-corrected chi connectivity index (χ0v) is 12.3. The SMILES string of the molecule is CCC1=NO[C@@H](CNC(=O)Nc2ccc3c(c2)CC(=O)N3)C1. The van der Waals surface area contributed by atoms with Crippen LogP contribution >= 0.6 is 0 Å². The van der Waals surface area contributed by atoms with Gasteiger partial charge in [0.15, 0.2) is 0 Å². The van der Waals surface area contributed by atoms with Crippen molar-refractivity contribution in [2.75, 3.05) is 17.2 Å². The molecule has 7 heteroatoms. The first-order valence-corrected chi connectivity index (χ1v) is 7.33. The minimum absolute atomic E-state index is 0.0262. The predicted octanol–water partition coefficient (Wildman–Crippen LogP) is 1.86. The maximum absolute atomic E-state index is 11.9. The van der Waals surface area contributed by atoms with Gasteiger partial charge in [-0.15, -0.1) is 0 Å². The van der Waals surface area contributed by atoms with Crippen molar-refractivity contribution in [3.05, 3.63) is 23.8 Å². The molecule has 0 radical (unpaired) electrons. The summed E-state index contributed by atoms with van der Waals surface area (Å²) < 4.78 is 0. The summed E-state index contributed by atoms with van der Waals surface area (Å²) in [6.07, 6.45) is 1.87. The van der Waals surface area contributed by atoms with Crippen LogP contribution in [0.5, 0.6) is 0 Å². The zero-order chi connectivity index (χ0) is 15.5. The minimum atomic E-state index is -0.300. The molecule has 0 bridgehead atoms. The highest BCUT2D eigenvalue weighted by Gasteiger charge is 2.21. The van der Waals surface area contributed by atoms with Crippen LogP contribution in [0.3, 0.4) is 0 Å². The Morgan fingerprint density at radius 2 is 2.36 bits per heavy atom. The van der Waals surface area contributed by atoms with Crippen molar-refractivity contribution in [2.24, 2.45) is 5.16 Å². The molecule has 0 saturated heterocycles. The first kappa shape index (κ1) is 14.4. The number of fused-ring (bicyclic) bond motifs is 1. The van der Waals surface area contributed by atoms with E-state index < -0.39 is 0 Å². The van der Waals surface area contributed by atoms with Crippen LogP contribution in [0.4, 0.5) is 16.2 Å². The van der Waals surface area contributed by atoms with E-state index in [2.05, 4.69) is 21.1 Å². The second-order valence-electron chi connectivity index (χ2n) is 5.37. The summed E-state index contributed by atoms with van der Waals surface area (Å²) in [6.45, 7) is 2.43. The Morgan fingerprint density at radius 3 is 3.14 bits per heavy atom. The molecular formula is C15H18N4O3. The van der Waals surface area contributed by atoms with Gasteiger partial charge in [-0.3, -0.25) is 4.79 Å². The number of rotatable bonds is 4.